The van der Waals surface area contributed by atoms with Crippen molar-refractivity contribution in [3.8, 4) is 23.3 Å². The summed E-state index contributed by atoms with van der Waals surface area (Å²) in [7, 11) is 1.53. The molecule has 3 aromatic rings. The highest BCUT2D eigenvalue weighted by atomic mass is 16.5. The number of nitriles is 1. The van der Waals surface area contributed by atoms with Gasteiger partial charge >= 0.3 is 0 Å². The van der Waals surface area contributed by atoms with Crippen LogP contribution >= 0.6 is 0 Å². The highest BCUT2D eigenvalue weighted by Crippen LogP contribution is 2.36. The third kappa shape index (κ3) is 9.02. The highest BCUT2D eigenvalue weighted by molar-refractivity contribution is 6.23. The van der Waals surface area contributed by atoms with Crippen LogP contribution in [0.4, 0.5) is 5.95 Å². The molecule has 8 rings (SSSR count). The molecule has 2 aliphatic carbocycles. The number of ether oxygens (including phenoxy) is 3. The molecule has 0 bridgehead atoms. The number of carbonyl (C=O) groups is 5. The number of hydrogen-bond donors (Lipinski definition) is 2. The molecule has 2 saturated heterocycles. The lowest BCUT2D eigenvalue weighted by molar-refractivity contribution is -0.136. The molecule has 16 heteroatoms. The van der Waals surface area contributed by atoms with Crippen molar-refractivity contribution >= 4 is 35.5 Å². The Morgan fingerprint density at radius 3 is 2.25 bits per heavy atom. The fraction of sp³-hybridized carbons (Fsp3) is 0.511. The van der Waals surface area contributed by atoms with Crippen molar-refractivity contribution in [2.45, 2.75) is 114 Å². The molecule has 1 unspecified atom stereocenters. The summed E-state index contributed by atoms with van der Waals surface area (Å²) < 4.78 is 17.7. The molecule has 16 nitrogen and oxygen atoms in total. The number of benzene rings is 2. The minimum atomic E-state index is -1.00. The number of rotatable bonds is 13. The van der Waals surface area contributed by atoms with Crippen LogP contribution in [-0.4, -0.2) is 112 Å². The highest BCUT2D eigenvalue weighted by Gasteiger charge is 2.45. The second-order valence-electron chi connectivity index (χ2n) is 17.1. The Hall–Kier alpha value is -6.08. The third-order valence-electron chi connectivity index (χ3n) is 12.8. The number of anilines is 1. The smallest absolute Gasteiger partial charge is 0.262 e. The molecule has 2 aromatic carbocycles. The van der Waals surface area contributed by atoms with Crippen LogP contribution in [0.1, 0.15) is 115 Å². The number of nitrogens with one attached hydrogen (secondary N) is 2. The summed E-state index contributed by atoms with van der Waals surface area (Å²) in [4.78, 5) is 78.4. The van der Waals surface area contributed by atoms with E-state index in [0.717, 1.165) is 75.9 Å². The van der Waals surface area contributed by atoms with Gasteiger partial charge < -0.3 is 24.4 Å². The molecule has 4 heterocycles. The number of hydrogen-bond acceptors (Lipinski definition) is 13. The fourth-order valence-electron chi connectivity index (χ4n) is 9.24. The lowest BCUT2D eigenvalue weighted by Crippen LogP contribution is -2.54. The average Bonchev–Trinajstić information content (AvgIpc) is 3.49. The minimum Gasteiger partial charge on any atom is -0.495 e. The van der Waals surface area contributed by atoms with E-state index in [9.17, 15) is 29.2 Å². The molecule has 2 saturated carbocycles. The van der Waals surface area contributed by atoms with Gasteiger partial charge in [0.05, 0.1) is 35.5 Å². The van der Waals surface area contributed by atoms with E-state index in [0.29, 0.717) is 52.3 Å². The molecule has 5 aliphatic rings. The van der Waals surface area contributed by atoms with Crippen molar-refractivity contribution in [3.05, 3.63) is 71.0 Å². The van der Waals surface area contributed by atoms with E-state index in [1.165, 1.54) is 7.11 Å². The van der Waals surface area contributed by atoms with E-state index in [2.05, 4.69) is 50.3 Å². The monoisotopic (exact) mass is 832 g/mol. The van der Waals surface area contributed by atoms with Crippen molar-refractivity contribution in [1.29, 1.82) is 5.26 Å². The second kappa shape index (κ2) is 17.9. The summed E-state index contributed by atoms with van der Waals surface area (Å²) in [6.45, 7) is 7.09. The zero-order valence-corrected chi connectivity index (χ0v) is 34.8. The minimum absolute atomic E-state index is 0.0204. The van der Waals surface area contributed by atoms with E-state index in [1.54, 1.807) is 48.8 Å². The van der Waals surface area contributed by atoms with Gasteiger partial charge in [0.2, 0.25) is 17.8 Å². The molecule has 4 fully saturated rings. The lowest BCUT2D eigenvalue weighted by atomic mass is 9.85. The van der Waals surface area contributed by atoms with E-state index in [-0.39, 0.29) is 48.1 Å². The van der Waals surface area contributed by atoms with Gasteiger partial charge in [-0.1, -0.05) is 0 Å². The summed E-state index contributed by atoms with van der Waals surface area (Å²) >= 11 is 0. The number of methoxy groups -OCH3 is 1. The summed E-state index contributed by atoms with van der Waals surface area (Å²) in [5.74, 6) is 0.521. The SMILES string of the molecule is COc1cc(OC2CCC(NC(=O)c3cnc(N4CCC(CN(C(C)C)C5CC(Oc6ccc7c(c6)C(=O)N(C6CCC(=O)NC6=O)C7=O)C5)CC4)nc3)CC2)ccc1C#N. The van der Waals surface area contributed by atoms with Gasteiger partial charge in [-0.05, 0) is 95.0 Å². The molecule has 61 heavy (non-hydrogen) atoms. The molecule has 0 spiro atoms. The number of piperidine rings is 2. The first kappa shape index (κ1) is 41.6. The van der Waals surface area contributed by atoms with Crippen molar-refractivity contribution in [1.82, 2.24) is 30.4 Å². The Morgan fingerprint density at radius 2 is 1.57 bits per heavy atom. The molecule has 1 atom stereocenters. The van der Waals surface area contributed by atoms with Gasteiger partial charge in [0.15, 0.2) is 0 Å². The average molecular weight is 833 g/mol. The Bertz CT molecular complexity index is 2200. The first-order chi connectivity index (χ1) is 29.5. The zero-order valence-electron chi connectivity index (χ0n) is 34.8. The Labute approximate surface area is 354 Å². The predicted molar refractivity (Wildman–Crippen MR) is 221 cm³/mol. The van der Waals surface area contributed by atoms with Crippen molar-refractivity contribution in [3.63, 3.8) is 0 Å². The maximum absolute atomic E-state index is 13.3. The Kier molecular flexibility index (Phi) is 12.2. The maximum atomic E-state index is 13.3. The van der Waals surface area contributed by atoms with Crippen LogP contribution in [0.25, 0.3) is 0 Å². The summed E-state index contributed by atoms with van der Waals surface area (Å²) in [6.07, 6.45) is 10.3. The summed E-state index contributed by atoms with van der Waals surface area (Å²) in [5, 5.41) is 14.6. The van der Waals surface area contributed by atoms with Crippen LogP contribution in [-0.2, 0) is 9.59 Å². The molecule has 0 radical (unpaired) electrons. The van der Waals surface area contributed by atoms with Crippen molar-refractivity contribution in [2.75, 3.05) is 31.6 Å². The first-order valence-electron chi connectivity index (χ1n) is 21.4. The van der Waals surface area contributed by atoms with Crippen LogP contribution < -0.4 is 29.7 Å². The number of aromatic nitrogens is 2. The van der Waals surface area contributed by atoms with Gasteiger partial charge in [-0.25, -0.2) is 9.97 Å². The first-order valence-corrected chi connectivity index (χ1v) is 21.4. The quantitative estimate of drug-likeness (QED) is 0.230. The molecule has 2 N–H and O–H groups in total. The van der Waals surface area contributed by atoms with E-state index >= 15 is 0 Å². The van der Waals surface area contributed by atoms with Crippen LogP contribution in [0.5, 0.6) is 17.2 Å². The van der Waals surface area contributed by atoms with E-state index < -0.39 is 29.7 Å². The topological polar surface area (TPSA) is 196 Å². The maximum Gasteiger partial charge on any atom is 0.262 e. The zero-order chi connectivity index (χ0) is 42.8. The number of fused-ring (bicyclic) bond motifs is 1. The van der Waals surface area contributed by atoms with Crippen molar-refractivity contribution < 1.29 is 38.2 Å². The number of nitrogens with zero attached hydrogens (tertiary/aromatic N) is 6. The van der Waals surface area contributed by atoms with Gasteiger partial charge in [-0.2, -0.15) is 5.26 Å². The van der Waals surface area contributed by atoms with E-state index in [1.807, 2.05) is 0 Å². The number of imide groups is 2. The normalized spacial score (nSPS) is 24.2. The van der Waals surface area contributed by atoms with Crippen LogP contribution in [0, 0.1) is 17.2 Å². The van der Waals surface area contributed by atoms with E-state index in [4.69, 9.17) is 14.2 Å². The van der Waals surface area contributed by atoms with Gasteiger partial charge in [0.25, 0.3) is 17.7 Å². The number of amides is 5. The number of carbonyl (C=O) groups excluding carboxylic acids is 5. The standard InChI is InChI=1S/C45H52N8O8/c1-26(2)52(31-18-35(19-31)61-33-10-11-36-37(20-33)44(58)53(43(36)57)38-12-13-40(54)50-42(38)56)25-27-14-16-51(17-15-27)45-47-23-29(24-48-45)41(55)49-30-5-8-32(9-6-30)60-34-7-4-28(22-46)39(21-34)59-3/h4,7,10-11,20-21,23-24,26-27,30-32,35,38H,5-6,8-9,12-19,25H2,1-3H3,(H,49,55)(H,50,54,56). The summed E-state index contributed by atoms with van der Waals surface area (Å²) in [6, 6.07) is 12.0. The second-order valence-corrected chi connectivity index (χ2v) is 17.1. The predicted octanol–water partition coefficient (Wildman–Crippen LogP) is 4.41. The van der Waals surface area contributed by atoms with Crippen LogP contribution in [0.15, 0.2) is 48.8 Å². The van der Waals surface area contributed by atoms with Gasteiger partial charge in [0.1, 0.15) is 35.5 Å². The molecular weight excluding hydrogens is 781 g/mol. The van der Waals surface area contributed by atoms with Gasteiger partial charge in [-0.3, -0.25) is 39.1 Å². The van der Waals surface area contributed by atoms with Crippen LogP contribution in [0.3, 0.4) is 0 Å². The third-order valence-corrected chi connectivity index (χ3v) is 12.8. The largest absolute Gasteiger partial charge is 0.495 e. The lowest BCUT2D eigenvalue weighted by Gasteiger charge is -2.46. The summed E-state index contributed by atoms with van der Waals surface area (Å²) in [5.41, 5.74) is 1.35. The molecule has 320 valence electrons. The fourth-order valence-corrected chi connectivity index (χ4v) is 9.24. The molecule has 5 amide bonds. The van der Waals surface area contributed by atoms with Crippen molar-refractivity contribution in [2.24, 2.45) is 5.92 Å². The van der Waals surface area contributed by atoms with Gasteiger partial charge in [-0.15, -0.1) is 0 Å². The Balaban J connectivity index is 0.759. The van der Waals surface area contributed by atoms with Gasteiger partial charge in [0, 0.05) is 75.5 Å². The molecule has 3 aliphatic heterocycles. The Morgan fingerprint density at radius 1 is 0.902 bits per heavy atom. The van der Waals surface area contributed by atoms with Crippen LogP contribution in [0.2, 0.25) is 0 Å². The molecule has 1 aromatic heterocycles. The molecular formula is C45H52N8O8.